The van der Waals surface area contributed by atoms with E-state index in [1.54, 1.807) is 25.3 Å². The standard InChI is InChI=1S/C21H20N2O4/c1-23(16-9-6-10-17(13-16)27-14-20(24)25)19-12-11-18(22-21(19)26-2)15-7-4-3-5-8-15/h3-13H,14H2,1-2H3,(H,24,25). The van der Waals surface area contributed by atoms with Crippen molar-refractivity contribution in [2.75, 3.05) is 25.7 Å². The monoisotopic (exact) mass is 364 g/mol. The van der Waals surface area contributed by atoms with Gasteiger partial charge in [-0.1, -0.05) is 36.4 Å². The normalized spacial score (nSPS) is 10.3. The van der Waals surface area contributed by atoms with Crippen molar-refractivity contribution < 1.29 is 19.4 Å². The third kappa shape index (κ3) is 4.36. The molecular formula is C21H20N2O4. The summed E-state index contributed by atoms with van der Waals surface area (Å²) in [5.41, 5.74) is 3.44. The molecule has 1 aromatic heterocycles. The maximum atomic E-state index is 10.7. The maximum absolute atomic E-state index is 10.7. The predicted octanol–water partition coefficient (Wildman–Crippen LogP) is 3.99. The third-order valence-electron chi connectivity index (χ3n) is 4.03. The molecule has 3 aromatic rings. The summed E-state index contributed by atoms with van der Waals surface area (Å²) in [5.74, 6) is -0.0404. The van der Waals surface area contributed by atoms with Crippen LogP contribution in [0.3, 0.4) is 0 Å². The Balaban J connectivity index is 1.89. The molecule has 2 aromatic carbocycles. The maximum Gasteiger partial charge on any atom is 0.341 e. The first-order valence-electron chi connectivity index (χ1n) is 8.37. The van der Waals surface area contributed by atoms with E-state index < -0.39 is 5.97 Å². The molecule has 1 heterocycles. The summed E-state index contributed by atoms with van der Waals surface area (Å²) in [6.45, 7) is -0.385. The molecule has 1 N–H and O–H groups in total. The van der Waals surface area contributed by atoms with Crippen molar-refractivity contribution >= 4 is 17.3 Å². The van der Waals surface area contributed by atoms with Gasteiger partial charge >= 0.3 is 5.97 Å². The van der Waals surface area contributed by atoms with Crippen LogP contribution < -0.4 is 14.4 Å². The Labute approximate surface area is 157 Å². The van der Waals surface area contributed by atoms with E-state index in [9.17, 15) is 4.79 Å². The van der Waals surface area contributed by atoms with E-state index in [1.165, 1.54) is 0 Å². The number of hydrogen-bond acceptors (Lipinski definition) is 5. The minimum Gasteiger partial charge on any atom is -0.482 e. The van der Waals surface area contributed by atoms with Crippen LogP contribution in [-0.4, -0.2) is 36.8 Å². The van der Waals surface area contributed by atoms with Gasteiger partial charge in [0.2, 0.25) is 5.88 Å². The van der Waals surface area contributed by atoms with Gasteiger partial charge in [-0.05, 0) is 24.3 Å². The number of methoxy groups -OCH3 is 1. The molecule has 0 aliphatic heterocycles. The fraction of sp³-hybridized carbons (Fsp3) is 0.143. The molecule has 0 aliphatic carbocycles. The van der Waals surface area contributed by atoms with Crippen molar-refractivity contribution in [1.82, 2.24) is 4.98 Å². The molecule has 0 saturated carbocycles. The summed E-state index contributed by atoms with van der Waals surface area (Å²) >= 11 is 0. The summed E-state index contributed by atoms with van der Waals surface area (Å²) in [6.07, 6.45) is 0. The van der Waals surface area contributed by atoms with Crippen LogP contribution in [0.15, 0.2) is 66.7 Å². The Morgan fingerprint density at radius 1 is 1.07 bits per heavy atom. The molecule has 27 heavy (non-hydrogen) atoms. The van der Waals surface area contributed by atoms with Crippen LogP contribution in [0.2, 0.25) is 0 Å². The quantitative estimate of drug-likeness (QED) is 0.683. The van der Waals surface area contributed by atoms with E-state index in [0.717, 1.165) is 22.6 Å². The highest BCUT2D eigenvalue weighted by Crippen LogP contribution is 2.34. The minimum absolute atomic E-state index is 0.385. The molecule has 0 amide bonds. The molecule has 0 spiro atoms. The van der Waals surface area contributed by atoms with E-state index in [2.05, 4.69) is 4.98 Å². The second-order valence-electron chi connectivity index (χ2n) is 5.83. The molecule has 0 atom stereocenters. The highest BCUT2D eigenvalue weighted by atomic mass is 16.5. The van der Waals surface area contributed by atoms with Gasteiger partial charge in [0.15, 0.2) is 6.61 Å². The summed E-state index contributed by atoms with van der Waals surface area (Å²) in [4.78, 5) is 17.2. The summed E-state index contributed by atoms with van der Waals surface area (Å²) in [6, 6.07) is 21.0. The number of rotatable bonds is 7. The number of benzene rings is 2. The largest absolute Gasteiger partial charge is 0.482 e. The van der Waals surface area contributed by atoms with Gasteiger partial charge in [-0.2, -0.15) is 0 Å². The predicted molar refractivity (Wildman–Crippen MR) is 104 cm³/mol. The average molecular weight is 364 g/mol. The van der Waals surface area contributed by atoms with Crippen LogP contribution >= 0.6 is 0 Å². The molecule has 6 nitrogen and oxygen atoms in total. The van der Waals surface area contributed by atoms with Gasteiger partial charge in [0.05, 0.1) is 12.8 Å². The summed E-state index contributed by atoms with van der Waals surface area (Å²) in [5, 5.41) is 8.76. The third-order valence-corrected chi connectivity index (χ3v) is 4.03. The molecule has 0 unspecified atom stereocenters. The van der Waals surface area contributed by atoms with E-state index in [0.29, 0.717) is 11.6 Å². The number of aromatic nitrogens is 1. The Morgan fingerprint density at radius 3 is 2.56 bits per heavy atom. The number of anilines is 2. The molecule has 138 valence electrons. The first-order chi connectivity index (χ1) is 13.1. The van der Waals surface area contributed by atoms with Crippen LogP contribution in [-0.2, 0) is 4.79 Å². The summed E-state index contributed by atoms with van der Waals surface area (Å²) in [7, 11) is 3.47. The van der Waals surface area contributed by atoms with Crippen molar-refractivity contribution in [3.63, 3.8) is 0 Å². The molecule has 3 rings (SSSR count). The molecule has 0 saturated heterocycles. The molecule has 0 fully saturated rings. The number of pyridine rings is 1. The van der Waals surface area contributed by atoms with Crippen LogP contribution in [0.5, 0.6) is 11.6 Å². The van der Waals surface area contributed by atoms with Crippen LogP contribution in [0.1, 0.15) is 0 Å². The molecule has 0 radical (unpaired) electrons. The van der Waals surface area contributed by atoms with Crippen molar-refractivity contribution in [2.24, 2.45) is 0 Å². The van der Waals surface area contributed by atoms with Gasteiger partial charge in [-0.3, -0.25) is 0 Å². The first-order valence-corrected chi connectivity index (χ1v) is 8.37. The first kappa shape index (κ1) is 18.3. The fourth-order valence-electron chi connectivity index (χ4n) is 2.67. The Bertz CT molecular complexity index is 928. The fourth-order valence-corrected chi connectivity index (χ4v) is 2.67. The number of hydrogen-bond donors (Lipinski definition) is 1. The Hall–Kier alpha value is -3.54. The second-order valence-corrected chi connectivity index (χ2v) is 5.83. The van der Waals surface area contributed by atoms with Gasteiger partial charge in [0.25, 0.3) is 0 Å². The van der Waals surface area contributed by atoms with Crippen molar-refractivity contribution in [3.8, 4) is 22.9 Å². The van der Waals surface area contributed by atoms with Crippen LogP contribution in [0, 0.1) is 0 Å². The highest BCUT2D eigenvalue weighted by molar-refractivity contribution is 5.72. The molecule has 0 bridgehead atoms. The average Bonchev–Trinajstić information content (AvgIpc) is 2.72. The SMILES string of the molecule is COc1nc(-c2ccccc2)ccc1N(C)c1cccc(OCC(=O)O)c1. The number of aliphatic carboxylic acids is 1. The molecular weight excluding hydrogens is 344 g/mol. The van der Waals surface area contributed by atoms with Gasteiger partial charge in [-0.15, -0.1) is 0 Å². The second kappa shape index (κ2) is 8.23. The number of nitrogens with zero attached hydrogens (tertiary/aromatic N) is 2. The Kier molecular flexibility index (Phi) is 5.56. The van der Waals surface area contributed by atoms with Gasteiger partial charge in [0, 0.05) is 24.4 Å². The van der Waals surface area contributed by atoms with Gasteiger partial charge in [0.1, 0.15) is 11.4 Å². The number of carbonyl (C=O) groups is 1. The zero-order chi connectivity index (χ0) is 19.2. The smallest absolute Gasteiger partial charge is 0.341 e. The number of ether oxygens (including phenoxy) is 2. The lowest BCUT2D eigenvalue weighted by Gasteiger charge is -2.22. The van der Waals surface area contributed by atoms with E-state index in [4.69, 9.17) is 14.6 Å². The van der Waals surface area contributed by atoms with E-state index in [-0.39, 0.29) is 6.61 Å². The summed E-state index contributed by atoms with van der Waals surface area (Å²) < 4.78 is 10.8. The van der Waals surface area contributed by atoms with Crippen LogP contribution in [0.25, 0.3) is 11.3 Å². The molecule has 0 aliphatic rings. The number of carboxylic acids is 1. The van der Waals surface area contributed by atoms with Gasteiger partial charge in [-0.25, -0.2) is 9.78 Å². The zero-order valence-electron chi connectivity index (χ0n) is 15.1. The van der Waals surface area contributed by atoms with Crippen molar-refractivity contribution in [1.29, 1.82) is 0 Å². The van der Waals surface area contributed by atoms with E-state index >= 15 is 0 Å². The van der Waals surface area contributed by atoms with Crippen molar-refractivity contribution in [2.45, 2.75) is 0 Å². The van der Waals surface area contributed by atoms with Crippen LogP contribution in [0.4, 0.5) is 11.4 Å². The minimum atomic E-state index is -1.02. The highest BCUT2D eigenvalue weighted by Gasteiger charge is 2.14. The lowest BCUT2D eigenvalue weighted by molar-refractivity contribution is -0.139. The van der Waals surface area contributed by atoms with E-state index in [1.807, 2.05) is 60.5 Å². The van der Waals surface area contributed by atoms with Crippen molar-refractivity contribution in [3.05, 3.63) is 66.7 Å². The Morgan fingerprint density at radius 2 is 1.85 bits per heavy atom. The number of carboxylic acid groups (broad SMARTS) is 1. The lowest BCUT2D eigenvalue weighted by Crippen LogP contribution is -2.13. The van der Waals surface area contributed by atoms with Gasteiger partial charge < -0.3 is 19.5 Å². The topological polar surface area (TPSA) is 71.9 Å². The molecule has 6 heteroatoms. The zero-order valence-corrected chi connectivity index (χ0v) is 15.1. The lowest BCUT2D eigenvalue weighted by atomic mass is 10.1.